The lowest BCUT2D eigenvalue weighted by Crippen LogP contribution is -2.08. The molecule has 0 aliphatic carbocycles. The van der Waals surface area contributed by atoms with Crippen LogP contribution >= 0.6 is 0 Å². The summed E-state index contributed by atoms with van der Waals surface area (Å²) < 4.78 is 5.49. The van der Waals surface area contributed by atoms with Gasteiger partial charge >= 0.3 is 0 Å². The standard InChI is InChI=1S/C12H21N3O/c1-4-5-6-7-13-11-8-12(15-9-14-11)16-10(2)3/h8-10H,4-7H2,1-3H3,(H,13,14,15). The molecule has 0 aromatic carbocycles. The normalized spacial score (nSPS) is 10.5. The van der Waals surface area contributed by atoms with Gasteiger partial charge in [-0.05, 0) is 20.3 Å². The summed E-state index contributed by atoms with van der Waals surface area (Å²) in [4.78, 5) is 8.19. The lowest BCUT2D eigenvalue weighted by Gasteiger charge is -2.10. The minimum Gasteiger partial charge on any atom is -0.475 e. The van der Waals surface area contributed by atoms with E-state index >= 15 is 0 Å². The average molecular weight is 223 g/mol. The molecule has 0 radical (unpaired) electrons. The molecule has 0 amide bonds. The largest absolute Gasteiger partial charge is 0.475 e. The van der Waals surface area contributed by atoms with Gasteiger partial charge < -0.3 is 10.1 Å². The van der Waals surface area contributed by atoms with E-state index in [1.54, 1.807) is 0 Å². The first kappa shape index (κ1) is 12.7. The second-order valence-corrected chi connectivity index (χ2v) is 4.04. The highest BCUT2D eigenvalue weighted by Crippen LogP contribution is 2.12. The number of aromatic nitrogens is 2. The summed E-state index contributed by atoms with van der Waals surface area (Å²) in [5, 5.41) is 3.26. The van der Waals surface area contributed by atoms with Crippen LogP contribution in [0.1, 0.15) is 40.0 Å². The molecule has 0 saturated carbocycles. The third-order valence-electron chi connectivity index (χ3n) is 2.08. The molecular formula is C12H21N3O. The molecule has 1 aromatic rings. The van der Waals surface area contributed by atoms with Gasteiger partial charge in [0, 0.05) is 12.6 Å². The van der Waals surface area contributed by atoms with Crippen molar-refractivity contribution < 1.29 is 4.74 Å². The van der Waals surface area contributed by atoms with Crippen molar-refractivity contribution in [1.82, 2.24) is 9.97 Å². The summed E-state index contributed by atoms with van der Waals surface area (Å²) in [6.45, 7) is 7.11. The van der Waals surface area contributed by atoms with E-state index in [4.69, 9.17) is 4.74 Å². The Morgan fingerprint density at radius 1 is 1.31 bits per heavy atom. The Morgan fingerprint density at radius 2 is 2.12 bits per heavy atom. The van der Waals surface area contributed by atoms with Gasteiger partial charge in [0.25, 0.3) is 0 Å². The lowest BCUT2D eigenvalue weighted by molar-refractivity contribution is 0.232. The van der Waals surface area contributed by atoms with Crippen molar-refractivity contribution in [3.05, 3.63) is 12.4 Å². The van der Waals surface area contributed by atoms with Crippen molar-refractivity contribution in [1.29, 1.82) is 0 Å². The van der Waals surface area contributed by atoms with Crippen LogP contribution in [0.5, 0.6) is 5.88 Å². The maximum absolute atomic E-state index is 5.49. The van der Waals surface area contributed by atoms with Crippen LogP contribution in [0.15, 0.2) is 12.4 Å². The SMILES string of the molecule is CCCCCNc1cc(OC(C)C)ncn1. The maximum atomic E-state index is 5.49. The summed E-state index contributed by atoms with van der Waals surface area (Å²) in [5.74, 6) is 1.46. The van der Waals surface area contributed by atoms with Gasteiger partial charge in [-0.15, -0.1) is 0 Å². The van der Waals surface area contributed by atoms with Crippen molar-refractivity contribution >= 4 is 5.82 Å². The van der Waals surface area contributed by atoms with Gasteiger partial charge in [-0.1, -0.05) is 19.8 Å². The number of nitrogens with one attached hydrogen (secondary N) is 1. The third kappa shape index (κ3) is 4.96. The fourth-order valence-corrected chi connectivity index (χ4v) is 1.33. The van der Waals surface area contributed by atoms with Gasteiger partial charge in [-0.25, -0.2) is 9.97 Å². The molecule has 0 aliphatic rings. The number of nitrogens with zero attached hydrogens (tertiary/aromatic N) is 2. The van der Waals surface area contributed by atoms with E-state index in [9.17, 15) is 0 Å². The summed E-state index contributed by atoms with van der Waals surface area (Å²) in [6.07, 6.45) is 5.31. The molecular weight excluding hydrogens is 202 g/mol. The van der Waals surface area contributed by atoms with E-state index in [1.807, 2.05) is 19.9 Å². The molecule has 16 heavy (non-hydrogen) atoms. The first-order valence-corrected chi connectivity index (χ1v) is 5.95. The van der Waals surface area contributed by atoms with E-state index in [1.165, 1.54) is 25.6 Å². The lowest BCUT2D eigenvalue weighted by atomic mass is 10.2. The van der Waals surface area contributed by atoms with Crippen molar-refractivity contribution in [3.8, 4) is 5.88 Å². The topological polar surface area (TPSA) is 47.0 Å². The van der Waals surface area contributed by atoms with Crippen molar-refractivity contribution in [2.24, 2.45) is 0 Å². The first-order chi connectivity index (χ1) is 7.72. The molecule has 1 heterocycles. The number of hydrogen-bond donors (Lipinski definition) is 1. The number of ether oxygens (including phenoxy) is 1. The van der Waals surface area contributed by atoms with Gasteiger partial charge in [-0.3, -0.25) is 0 Å². The summed E-state index contributed by atoms with van der Waals surface area (Å²) in [6, 6.07) is 1.84. The molecule has 90 valence electrons. The summed E-state index contributed by atoms with van der Waals surface area (Å²) in [7, 11) is 0. The Balaban J connectivity index is 2.41. The van der Waals surface area contributed by atoms with Crippen molar-refractivity contribution in [3.63, 3.8) is 0 Å². The number of unbranched alkanes of at least 4 members (excludes halogenated alkanes) is 2. The molecule has 1 aromatic heterocycles. The van der Waals surface area contributed by atoms with Gasteiger partial charge in [0.2, 0.25) is 5.88 Å². The minimum absolute atomic E-state index is 0.142. The van der Waals surface area contributed by atoms with Gasteiger partial charge in [0.1, 0.15) is 12.1 Å². The van der Waals surface area contributed by atoms with Crippen LogP contribution in [0.3, 0.4) is 0 Å². The molecule has 4 heteroatoms. The fraction of sp³-hybridized carbons (Fsp3) is 0.667. The van der Waals surface area contributed by atoms with Gasteiger partial charge in [0.15, 0.2) is 0 Å². The second-order valence-electron chi connectivity index (χ2n) is 4.04. The molecule has 0 atom stereocenters. The Hall–Kier alpha value is -1.32. The van der Waals surface area contributed by atoms with Crippen LogP contribution in [0.2, 0.25) is 0 Å². The molecule has 1 N–H and O–H groups in total. The maximum Gasteiger partial charge on any atom is 0.218 e. The van der Waals surface area contributed by atoms with E-state index in [-0.39, 0.29) is 6.10 Å². The molecule has 1 rings (SSSR count). The molecule has 0 aliphatic heterocycles. The number of anilines is 1. The molecule has 0 bridgehead atoms. The minimum atomic E-state index is 0.142. The molecule has 0 saturated heterocycles. The van der Waals surface area contributed by atoms with Crippen molar-refractivity contribution in [2.45, 2.75) is 46.1 Å². The van der Waals surface area contributed by atoms with Crippen LogP contribution in [-0.4, -0.2) is 22.6 Å². The average Bonchev–Trinajstić information content (AvgIpc) is 2.24. The summed E-state index contributed by atoms with van der Waals surface area (Å²) >= 11 is 0. The van der Waals surface area contributed by atoms with Crippen LogP contribution < -0.4 is 10.1 Å². The van der Waals surface area contributed by atoms with E-state index in [0.717, 1.165) is 12.4 Å². The Kier molecular flexibility index (Phi) is 5.61. The predicted octanol–water partition coefficient (Wildman–Crippen LogP) is 2.87. The van der Waals surface area contributed by atoms with Crippen molar-refractivity contribution in [2.75, 3.05) is 11.9 Å². The highest BCUT2D eigenvalue weighted by Gasteiger charge is 2.01. The Bertz CT molecular complexity index is 302. The second kappa shape index (κ2) is 7.04. The monoisotopic (exact) mass is 223 g/mol. The highest BCUT2D eigenvalue weighted by molar-refractivity contribution is 5.36. The fourth-order valence-electron chi connectivity index (χ4n) is 1.33. The zero-order chi connectivity index (χ0) is 11.8. The van der Waals surface area contributed by atoms with E-state index < -0.39 is 0 Å². The smallest absolute Gasteiger partial charge is 0.218 e. The Morgan fingerprint density at radius 3 is 2.81 bits per heavy atom. The van der Waals surface area contributed by atoms with Gasteiger partial charge in [0.05, 0.1) is 6.10 Å². The van der Waals surface area contributed by atoms with Crippen LogP contribution in [0.25, 0.3) is 0 Å². The van der Waals surface area contributed by atoms with Crippen LogP contribution in [-0.2, 0) is 0 Å². The van der Waals surface area contributed by atoms with Gasteiger partial charge in [-0.2, -0.15) is 0 Å². The molecule has 4 nitrogen and oxygen atoms in total. The quantitative estimate of drug-likeness (QED) is 0.722. The van der Waals surface area contributed by atoms with E-state index in [0.29, 0.717) is 5.88 Å². The third-order valence-corrected chi connectivity index (χ3v) is 2.08. The highest BCUT2D eigenvalue weighted by atomic mass is 16.5. The zero-order valence-corrected chi connectivity index (χ0v) is 10.4. The predicted molar refractivity (Wildman–Crippen MR) is 65.8 cm³/mol. The molecule has 0 fully saturated rings. The van der Waals surface area contributed by atoms with E-state index in [2.05, 4.69) is 22.2 Å². The number of rotatable bonds is 7. The zero-order valence-electron chi connectivity index (χ0n) is 10.4. The first-order valence-electron chi connectivity index (χ1n) is 5.95. The van der Waals surface area contributed by atoms with Crippen LogP contribution in [0.4, 0.5) is 5.82 Å². The Labute approximate surface area is 97.5 Å². The molecule has 0 spiro atoms. The summed E-state index contributed by atoms with van der Waals surface area (Å²) in [5.41, 5.74) is 0. The molecule has 0 unspecified atom stereocenters. The number of hydrogen-bond acceptors (Lipinski definition) is 4. The van der Waals surface area contributed by atoms with Crippen LogP contribution in [0, 0.1) is 0 Å².